The van der Waals surface area contributed by atoms with Gasteiger partial charge in [0.15, 0.2) is 0 Å². The fourth-order valence-corrected chi connectivity index (χ4v) is 2.14. The highest BCUT2D eigenvalue weighted by Crippen LogP contribution is 2.25. The first-order chi connectivity index (χ1) is 12.8. The number of nitrogens with one attached hydrogen (secondary N) is 2. The summed E-state index contributed by atoms with van der Waals surface area (Å²) in [7, 11) is 0. The van der Waals surface area contributed by atoms with Gasteiger partial charge in [-0.3, -0.25) is 9.59 Å². The fourth-order valence-electron chi connectivity index (χ4n) is 2.14. The lowest BCUT2D eigenvalue weighted by Crippen LogP contribution is -2.39. The Bertz CT molecular complexity index is 762. The van der Waals surface area contributed by atoms with Crippen molar-refractivity contribution in [2.45, 2.75) is 27.7 Å². The number of ether oxygens (including phenoxy) is 2. The summed E-state index contributed by atoms with van der Waals surface area (Å²) in [5, 5.41) is 5.35. The van der Waals surface area contributed by atoms with Crippen molar-refractivity contribution in [2.24, 2.45) is 5.41 Å². The van der Waals surface area contributed by atoms with Crippen LogP contribution in [0.4, 0.5) is 5.69 Å². The van der Waals surface area contributed by atoms with Crippen molar-refractivity contribution in [1.29, 1.82) is 0 Å². The first kappa shape index (κ1) is 20.3. The summed E-state index contributed by atoms with van der Waals surface area (Å²) in [4.78, 5) is 23.7. The molecule has 0 unspecified atom stereocenters. The lowest BCUT2D eigenvalue weighted by Gasteiger charge is -2.17. The van der Waals surface area contributed by atoms with Gasteiger partial charge in [0, 0.05) is 11.1 Å². The second kappa shape index (κ2) is 9.07. The molecule has 0 radical (unpaired) electrons. The summed E-state index contributed by atoms with van der Waals surface area (Å²) >= 11 is 0. The largest absolute Gasteiger partial charge is 0.494 e. The Morgan fingerprint density at radius 2 is 1.41 bits per heavy atom. The quantitative estimate of drug-likeness (QED) is 0.773. The van der Waals surface area contributed by atoms with E-state index < -0.39 is 5.41 Å². The number of carbonyl (C=O) groups excluding carboxylic acids is 2. The number of benzene rings is 2. The molecule has 2 rings (SSSR count). The van der Waals surface area contributed by atoms with Gasteiger partial charge in [-0.25, -0.2) is 0 Å². The van der Waals surface area contributed by atoms with Crippen molar-refractivity contribution in [3.05, 3.63) is 48.5 Å². The molecule has 2 aromatic rings. The summed E-state index contributed by atoms with van der Waals surface area (Å²) in [6.07, 6.45) is 0. The van der Waals surface area contributed by atoms with Gasteiger partial charge in [0.1, 0.15) is 17.2 Å². The first-order valence-electron chi connectivity index (χ1n) is 8.87. The van der Waals surface area contributed by atoms with E-state index >= 15 is 0 Å². The minimum atomic E-state index is -0.528. The zero-order valence-electron chi connectivity index (χ0n) is 16.2. The van der Waals surface area contributed by atoms with Crippen LogP contribution in [0.3, 0.4) is 0 Å². The Labute approximate surface area is 159 Å². The van der Waals surface area contributed by atoms with Crippen LogP contribution in [-0.2, 0) is 9.59 Å². The van der Waals surface area contributed by atoms with Crippen molar-refractivity contribution in [3.63, 3.8) is 0 Å². The van der Waals surface area contributed by atoms with E-state index in [0.717, 1.165) is 5.75 Å². The van der Waals surface area contributed by atoms with Crippen molar-refractivity contribution in [3.8, 4) is 17.2 Å². The molecule has 0 fully saturated rings. The minimum absolute atomic E-state index is 0.0689. The molecule has 2 aromatic carbocycles. The molecule has 2 amide bonds. The third-order valence-electron chi connectivity index (χ3n) is 3.60. The number of rotatable bonds is 7. The van der Waals surface area contributed by atoms with E-state index in [0.29, 0.717) is 23.8 Å². The normalized spacial score (nSPS) is 10.8. The van der Waals surface area contributed by atoms with Gasteiger partial charge in [-0.05, 0) is 55.5 Å². The maximum atomic E-state index is 11.9. The highest BCUT2D eigenvalue weighted by atomic mass is 16.5. The van der Waals surface area contributed by atoms with E-state index in [2.05, 4.69) is 10.6 Å². The molecule has 0 saturated heterocycles. The predicted molar refractivity (Wildman–Crippen MR) is 105 cm³/mol. The Balaban J connectivity index is 1.85. The lowest BCUT2D eigenvalue weighted by atomic mass is 9.96. The second-order valence-electron chi connectivity index (χ2n) is 7.01. The fraction of sp³-hybridized carbons (Fsp3) is 0.333. The number of amides is 2. The number of hydrogen-bond donors (Lipinski definition) is 2. The van der Waals surface area contributed by atoms with E-state index in [1.807, 2.05) is 31.2 Å². The van der Waals surface area contributed by atoms with Gasteiger partial charge in [0.2, 0.25) is 11.8 Å². The average molecular weight is 370 g/mol. The maximum Gasteiger partial charge on any atom is 0.243 e. The standard InChI is InChI=1S/C21H26N2O4/c1-5-26-16-10-12-18(13-11-16)27-17-8-6-15(7-9-17)23-19(24)14-22-20(25)21(2,3)4/h6-13H,5,14H2,1-4H3,(H,22,25)(H,23,24). The molecule has 0 atom stereocenters. The van der Waals surface area contributed by atoms with Gasteiger partial charge in [0.25, 0.3) is 0 Å². The summed E-state index contributed by atoms with van der Waals surface area (Å²) in [6, 6.07) is 14.4. The number of carbonyl (C=O) groups is 2. The van der Waals surface area contributed by atoms with Gasteiger partial charge in [-0.15, -0.1) is 0 Å². The Hall–Kier alpha value is -3.02. The molecule has 0 bridgehead atoms. The van der Waals surface area contributed by atoms with Gasteiger partial charge in [-0.1, -0.05) is 20.8 Å². The Morgan fingerprint density at radius 1 is 0.889 bits per heavy atom. The topological polar surface area (TPSA) is 76.7 Å². The molecular weight excluding hydrogens is 344 g/mol. The number of hydrogen-bond acceptors (Lipinski definition) is 4. The maximum absolute atomic E-state index is 11.9. The van der Waals surface area contributed by atoms with E-state index in [1.54, 1.807) is 45.0 Å². The average Bonchev–Trinajstić information content (AvgIpc) is 2.62. The number of anilines is 1. The molecule has 0 aliphatic rings. The van der Waals surface area contributed by atoms with Gasteiger partial charge in [0.05, 0.1) is 13.2 Å². The third kappa shape index (κ3) is 6.66. The van der Waals surface area contributed by atoms with Crippen molar-refractivity contribution in [1.82, 2.24) is 5.32 Å². The van der Waals surface area contributed by atoms with Crippen LogP contribution in [0.15, 0.2) is 48.5 Å². The van der Waals surface area contributed by atoms with Gasteiger partial charge in [-0.2, -0.15) is 0 Å². The van der Waals surface area contributed by atoms with Crippen LogP contribution in [-0.4, -0.2) is 25.0 Å². The van der Waals surface area contributed by atoms with Crippen LogP contribution < -0.4 is 20.1 Å². The molecule has 6 heteroatoms. The highest BCUT2D eigenvalue weighted by Gasteiger charge is 2.21. The van der Waals surface area contributed by atoms with E-state index in [-0.39, 0.29) is 18.4 Å². The summed E-state index contributed by atoms with van der Waals surface area (Å²) in [6.45, 7) is 7.87. The zero-order valence-corrected chi connectivity index (χ0v) is 16.2. The molecule has 144 valence electrons. The third-order valence-corrected chi connectivity index (χ3v) is 3.60. The SMILES string of the molecule is CCOc1ccc(Oc2ccc(NC(=O)CNC(=O)C(C)(C)C)cc2)cc1. The highest BCUT2D eigenvalue weighted by molar-refractivity contribution is 5.95. The van der Waals surface area contributed by atoms with Crippen LogP contribution >= 0.6 is 0 Å². The molecule has 0 aliphatic carbocycles. The minimum Gasteiger partial charge on any atom is -0.494 e. The van der Waals surface area contributed by atoms with Crippen molar-refractivity contribution >= 4 is 17.5 Å². The van der Waals surface area contributed by atoms with Gasteiger partial charge >= 0.3 is 0 Å². The van der Waals surface area contributed by atoms with Crippen LogP contribution in [0.25, 0.3) is 0 Å². The summed E-state index contributed by atoms with van der Waals surface area (Å²) < 4.78 is 11.2. The van der Waals surface area contributed by atoms with Crippen LogP contribution in [0.5, 0.6) is 17.2 Å². The molecule has 0 heterocycles. The van der Waals surface area contributed by atoms with Gasteiger partial charge < -0.3 is 20.1 Å². The first-order valence-corrected chi connectivity index (χ1v) is 8.87. The molecular formula is C21H26N2O4. The van der Waals surface area contributed by atoms with Crippen molar-refractivity contribution in [2.75, 3.05) is 18.5 Å². The molecule has 0 spiro atoms. The molecule has 6 nitrogen and oxygen atoms in total. The van der Waals surface area contributed by atoms with Crippen LogP contribution in [0.1, 0.15) is 27.7 Å². The molecule has 0 saturated carbocycles. The summed E-state index contributed by atoms with van der Waals surface area (Å²) in [5.74, 6) is 1.68. The molecule has 2 N–H and O–H groups in total. The predicted octanol–water partition coefficient (Wildman–Crippen LogP) is 3.98. The Morgan fingerprint density at radius 3 is 1.93 bits per heavy atom. The lowest BCUT2D eigenvalue weighted by molar-refractivity contribution is -0.130. The van der Waals surface area contributed by atoms with E-state index in [4.69, 9.17) is 9.47 Å². The monoisotopic (exact) mass is 370 g/mol. The Kier molecular flexibility index (Phi) is 6.82. The second-order valence-corrected chi connectivity index (χ2v) is 7.01. The molecule has 0 aromatic heterocycles. The van der Waals surface area contributed by atoms with E-state index in [1.165, 1.54) is 0 Å². The summed E-state index contributed by atoms with van der Waals surface area (Å²) in [5.41, 5.74) is 0.101. The van der Waals surface area contributed by atoms with Crippen molar-refractivity contribution < 1.29 is 19.1 Å². The van der Waals surface area contributed by atoms with Crippen LogP contribution in [0, 0.1) is 5.41 Å². The smallest absolute Gasteiger partial charge is 0.243 e. The molecule has 27 heavy (non-hydrogen) atoms. The molecule has 0 aliphatic heterocycles. The van der Waals surface area contributed by atoms with Crippen LogP contribution in [0.2, 0.25) is 0 Å². The zero-order chi connectivity index (χ0) is 19.9. The van der Waals surface area contributed by atoms with E-state index in [9.17, 15) is 9.59 Å².